The van der Waals surface area contributed by atoms with E-state index in [9.17, 15) is 0 Å². The summed E-state index contributed by atoms with van der Waals surface area (Å²) >= 11 is 2.03. The molecule has 1 aromatic carbocycles. The molecule has 0 saturated carbocycles. The largest absolute Gasteiger partial charge is 0.313 e. The highest BCUT2D eigenvalue weighted by Crippen LogP contribution is 2.34. The Morgan fingerprint density at radius 1 is 1.11 bits per heavy atom. The van der Waals surface area contributed by atoms with Gasteiger partial charge in [0.1, 0.15) is 0 Å². The van der Waals surface area contributed by atoms with Crippen LogP contribution in [0, 0.1) is 0 Å². The summed E-state index contributed by atoms with van der Waals surface area (Å²) in [6.07, 6.45) is 7.25. The Hall–Kier alpha value is -0.590. The molecule has 152 valence electrons. The zero-order valence-corrected chi connectivity index (χ0v) is 18.0. The van der Waals surface area contributed by atoms with Gasteiger partial charge in [-0.15, -0.1) is 11.8 Å². The normalized spacial score (nSPS) is 26.5. The summed E-state index contributed by atoms with van der Waals surface area (Å²) in [4.78, 5) is 2.64. The fourth-order valence-corrected chi connectivity index (χ4v) is 5.14. The molecular formula is C22H38N4S. The Morgan fingerprint density at radius 3 is 2.67 bits per heavy atom. The van der Waals surface area contributed by atoms with Gasteiger partial charge in [-0.1, -0.05) is 63.8 Å². The zero-order valence-electron chi connectivity index (χ0n) is 17.2. The van der Waals surface area contributed by atoms with E-state index in [0.29, 0.717) is 16.8 Å². The molecule has 2 aliphatic rings. The van der Waals surface area contributed by atoms with Crippen LogP contribution in [0.3, 0.4) is 0 Å². The summed E-state index contributed by atoms with van der Waals surface area (Å²) in [7, 11) is 0. The first-order valence-corrected chi connectivity index (χ1v) is 11.9. The Morgan fingerprint density at radius 2 is 1.93 bits per heavy atom. The third kappa shape index (κ3) is 6.75. The second kappa shape index (κ2) is 11.4. The van der Waals surface area contributed by atoms with Crippen LogP contribution in [-0.2, 0) is 6.54 Å². The Balaban J connectivity index is 1.43. The van der Waals surface area contributed by atoms with Crippen molar-refractivity contribution in [3.05, 3.63) is 35.4 Å². The molecule has 5 heteroatoms. The molecule has 3 unspecified atom stereocenters. The molecule has 0 aliphatic carbocycles. The fourth-order valence-electron chi connectivity index (χ4n) is 3.98. The van der Waals surface area contributed by atoms with Crippen LogP contribution in [0.4, 0.5) is 0 Å². The predicted molar refractivity (Wildman–Crippen MR) is 118 cm³/mol. The summed E-state index contributed by atoms with van der Waals surface area (Å²) in [5, 5.41) is 12.1. The number of hydrogen-bond acceptors (Lipinski definition) is 5. The van der Waals surface area contributed by atoms with Crippen LogP contribution >= 0.6 is 11.8 Å². The highest BCUT2D eigenvalue weighted by Gasteiger charge is 2.23. The molecule has 0 spiro atoms. The van der Waals surface area contributed by atoms with E-state index in [4.69, 9.17) is 0 Å². The van der Waals surface area contributed by atoms with Gasteiger partial charge in [-0.2, -0.15) is 0 Å². The van der Waals surface area contributed by atoms with Gasteiger partial charge in [0.2, 0.25) is 0 Å². The van der Waals surface area contributed by atoms with Gasteiger partial charge in [0.05, 0.1) is 11.5 Å². The van der Waals surface area contributed by atoms with E-state index in [2.05, 4.69) is 59.0 Å². The average Bonchev–Trinajstić information content (AvgIpc) is 3.14. The first kappa shape index (κ1) is 21.1. The predicted octanol–water partition coefficient (Wildman–Crippen LogP) is 3.70. The maximum absolute atomic E-state index is 3.78. The van der Waals surface area contributed by atoms with Crippen LogP contribution in [0.15, 0.2) is 24.3 Å². The standard InChI is InChI=1S/C22H38N4S/c1-3-4-5-6-7-13-26-14-12-23-17-21(26)24-16-19-8-10-20(11-9-19)22-25-15-18(2)27-22/h8-11,18,21-25H,3-7,12-17H2,1-2H3. The van der Waals surface area contributed by atoms with Crippen molar-refractivity contribution in [2.24, 2.45) is 0 Å². The molecule has 0 amide bonds. The maximum atomic E-state index is 3.78. The maximum Gasteiger partial charge on any atom is 0.0792 e. The molecule has 2 aliphatic heterocycles. The van der Waals surface area contributed by atoms with E-state index >= 15 is 0 Å². The Kier molecular flexibility index (Phi) is 8.94. The summed E-state index contributed by atoms with van der Waals surface area (Å²) in [5.74, 6) is 0. The molecule has 3 rings (SSSR count). The van der Waals surface area contributed by atoms with E-state index < -0.39 is 0 Å². The second-order valence-corrected chi connectivity index (χ2v) is 9.58. The van der Waals surface area contributed by atoms with Crippen molar-refractivity contribution in [2.45, 2.75) is 69.3 Å². The minimum Gasteiger partial charge on any atom is -0.313 e. The van der Waals surface area contributed by atoms with Gasteiger partial charge in [-0.25, -0.2) is 0 Å². The minimum atomic E-state index is 0.456. The minimum absolute atomic E-state index is 0.456. The number of thioether (sulfide) groups is 1. The number of benzene rings is 1. The quantitative estimate of drug-likeness (QED) is 0.531. The highest BCUT2D eigenvalue weighted by molar-refractivity contribution is 8.00. The summed E-state index contributed by atoms with van der Waals surface area (Å²) in [5.41, 5.74) is 2.78. The molecule has 0 aromatic heterocycles. The summed E-state index contributed by atoms with van der Waals surface area (Å²) < 4.78 is 0. The molecule has 27 heavy (non-hydrogen) atoms. The van der Waals surface area contributed by atoms with Crippen molar-refractivity contribution in [2.75, 3.05) is 32.7 Å². The van der Waals surface area contributed by atoms with Crippen LogP contribution in [0.25, 0.3) is 0 Å². The molecule has 3 atom stereocenters. The smallest absolute Gasteiger partial charge is 0.0792 e. The Labute approximate surface area is 170 Å². The van der Waals surface area contributed by atoms with E-state index in [1.54, 1.807) is 0 Å². The molecule has 3 N–H and O–H groups in total. The van der Waals surface area contributed by atoms with Crippen molar-refractivity contribution < 1.29 is 0 Å². The lowest BCUT2D eigenvalue weighted by Gasteiger charge is -2.37. The molecule has 2 heterocycles. The van der Waals surface area contributed by atoms with Crippen molar-refractivity contribution in [3.63, 3.8) is 0 Å². The van der Waals surface area contributed by atoms with Crippen molar-refractivity contribution in [1.82, 2.24) is 20.9 Å². The Bertz CT molecular complexity index is 536. The van der Waals surface area contributed by atoms with Crippen molar-refractivity contribution in [3.8, 4) is 0 Å². The number of rotatable bonds is 10. The van der Waals surface area contributed by atoms with Crippen LogP contribution < -0.4 is 16.0 Å². The summed E-state index contributed by atoms with van der Waals surface area (Å²) in [6, 6.07) is 9.17. The van der Waals surface area contributed by atoms with Crippen molar-refractivity contribution >= 4 is 11.8 Å². The fraction of sp³-hybridized carbons (Fsp3) is 0.727. The molecule has 1 aromatic rings. The van der Waals surface area contributed by atoms with Crippen LogP contribution in [0.5, 0.6) is 0 Å². The third-order valence-corrected chi connectivity index (χ3v) is 7.03. The van der Waals surface area contributed by atoms with E-state index in [1.165, 1.54) is 49.8 Å². The number of unbranched alkanes of at least 4 members (excludes halogenated alkanes) is 4. The molecule has 0 radical (unpaired) electrons. The topological polar surface area (TPSA) is 39.3 Å². The van der Waals surface area contributed by atoms with Gasteiger partial charge in [0, 0.05) is 38.0 Å². The van der Waals surface area contributed by atoms with E-state index in [0.717, 1.165) is 32.7 Å². The van der Waals surface area contributed by atoms with Crippen LogP contribution in [0.1, 0.15) is 62.5 Å². The van der Waals surface area contributed by atoms with Gasteiger partial charge < -0.3 is 10.6 Å². The first-order chi connectivity index (χ1) is 13.3. The van der Waals surface area contributed by atoms with E-state index in [1.807, 2.05) is 11.8 Å². The van der Waals surface area contributed by atoms with Gasteiger partial charge in [0.15, 0.2) is 0 Å². The number of nitrogens with one attached hydrogen (secondary N) is 3. The molecule has 4 nitrogen and oxygen atoms in total. The van der Waals surface area contributed by atoms with Gasteiger partial charge in [0.25, 0.3) is 0 Å². The monoisotopic (exact) mass is 390 g/mol. The van der Waals surface area contributed by atoms with Crippen molar-refractivity contribution in [1.29, 1.82) is 0 Å². The summed E-state index contributed by atoms with van der Waals surface area (Å²) in [6.45, 7) is 11.2. The molecule has 2 fully saturated rings. The molecular weight excluding hydrogens is 352 g/mol. The second-order valence-electron chi connectivity index (χ2n) is 8.03. The highest BCUT2D eigenvalue weighted by atomic mass is 32.2. The van der Waals surface area contributed by atoms with Crippen LogP contribution in [-0.4, -0.2) is 49.0 Å². The van der Waals surface area contributed by atoms with E-state index in [-0.39, 0.29) is 0 Å². The lowest BCUT2D eigenvalue weighted by atomic mass is 10.1. The number of piperazine rings is 1. The van der Waals surface area contributed by atoms with Gasteiger partial charge in [-0.3, -0.25) is 10.2 Å². The van der Waals surface area contributed by atoms with Crippen LogP contribution in [0.2, 0.25) is 0 Å². The van der Waals surface area contributed by atoms with Gasteiger partial charge >= 0.3 is 0 Å². The molecule has 2 saturated heterocycles. The third-order valence-electron chi connectivity index (χ3n) is 5.69. The average molecular weight is 391 g/mol. The zero-order chi connectivity index (χ0) is 18.9. The number of nitrogens with zero attached hydrogens (tertiary/aromatic N) is 1. The lowest BCUT2D eigenvalue weighted by Crippen LogP contribution is -2.57. The SMILES string of the molecule is CCCCCCCN1CCNCC1NCc1ccc(C2NCC(C)S2)cc1. The van der Waals surface area contributed by atoms with Gasteiger partial charge in [-0.05, 0) is 24.1 Å². The lowest BCUT2D eigenvalue weighted by molar-refractivity contribution is 0.129. The first-order valence-electron chi connectivity index (χ1n) is 10.9. The molecule has 0 bridgehead atoms. The number of hydrogen-bond donors (Lipinski definition) is 3.